The Hall–Kier alpha value is -0.840. The van der Waals surface area contributed by atoms with Crippen LogP contribution in [0.15, 0.2) is 22.7 Å². The van der Waals surface area contributed by atoms with Crippen LogP contribution in [0.1, 0.15) is 42.5 Å². The van der Waals surface area contributed by atoms with Gasteiger partial charge < -0.3 is 5.11 Å². The summed E-state index contributed by atoms with van der Waals surface area (Å²) in [5.41, 5.74) is 3.81. The molecule has 0 radical (unpaired) electrons. The van der Waals surface area contributed by atoms with Gasteiger partial charge in [-0.2, -0.15) is 5.10 Å². The van der Waals surface area contributed by atoms with Gasteiger partial charge in [0.25, 0.3) is 0 Å². The van der Waals surface area contributed by atoms with Crippen LogP contribution in [0, 0.1) is 6.92 Å². The second kappa shape index (κ2) is 6.95. The number of aryl methyl sites for hydroxylation is 3. The van der Waals surface area contributed by atoms with Gasteiger partial charge in [0.05, 0.1) is 22.5 Å². The number of rotatable bonds is 5. The summed E-state index contributed by atoms with van der Waals surface area (Å²) in [4.78, 5) is 0. The van der Waals surface area contributed by atoms with Gasteiger partial charge in [-0.15, -0.1) is 0 Å². The van der Waals surface area contributed by atoms with E-state index in [4.69, 9.17) is 11.6 Å². The molecule has 3 nitrogen and oxygen atoms in total. The highest BCUT2D eigenvalue weighted by atomic mass is 79.9. The van der Waals surface area contributed by atoms with Crippen LogP contribution in [-0.4, -0.2) is 14.9 Å². The minimum atomic E-state index is -0.582. The van der Waals surface area contributed by atoms with Gasteiger partial charge in [0, 0.05) is 17.4 Å². The number of aliphatic hydroxyl groups excluding tert-OH is 1. The van der Waals surface area contributed by atoms with Gasteiger partial charge in [0.1, 0.15) is 0 Å². The molecular formula is C16H20BrClN2O. The molecule has 0 fully saturated rings. The lowest BCUT2D eigenvalue weighted by molar-refractivity contribution is 0.175. The number of nitrogens with zero attached hydrogens (tertiary/aromatic N) is 2. The number of halogens is 2. The number of benzene rings is 1. The number of aromatic nitrogens is 2. The Kier molecular flexibility index (Phi) is 5.47. The summed E-state index contributed by atoms with van der Waals surface area (Å²) in [7, 11) is 0. The van der Waals surface area contributed by atoms with Crippen LogP contribution >= 0.6 is 27.5 Å². The molecule has 1 aromatic carbocycles. The van der Waals surface area contributed by atoms with Crippen LogP contribution in [-0.2, 0) is 19.4 Å². The molecule has 0 amide bonds. The summed E-state index contributed by atoms with van der Waals surface area (Å²) >= 11 is 9.87. The molecule has 1 heterocycles. The highest BCUT2D eigenvalue weighted by Gasteiger charge is 2.19. The van der Waals surface area contributed by atoms with Crippen molar-refractivity contribution >= 4 is 27.5 Å². The van der Waals surface area contributed by atoms with Crippen molar-refractivity contribution < 1.29 is 5.11 Å². The zero-order valence-corrected chi connectivity index (χ0v) is 14.9. The smallest absolute Gasteiger partial charge is 0.0851 e. The summed E-state index contributed by atoms with van der Waals surface area (Å²) in [6.07, 6.45) is 0.688. The molecule has 2 aromatic rings. The van der Waals surface area contributed by atoms with Crippen LogP contribution < -0.4 is 0 Å². The van der Waals surface area contributed by atoms with Gasteiger partial charge in [-0.25, -0.2) is 0 Å². The third-order valence-electron chi connectivity index (χ3n) is 3.65. The molecule has 0 spiro atoms. The maximum atomic E-state index is 10.5. The summed E-state index contributed by atoms with van der Waals surface area (Å²) < 4.78 is 2.93. The van der Waals surface area contributed by atoms with Crippen LogP contribution in [0.25, 0.3) is 0 Å². The summed E-state index contributed by atoms with van der Waals surface area (Å²) in [5.74, 6) is 0. The first-order valence-corrected chi connectivity index (χ1v) is 8.33. The zero-order valence-electron chi connectivity index (χ0n) is 12.5. The van der Waals surface area contributed by atoms with E-state index in [2.05, 4.69) is 21.0 Å². The normalized spacial score (nSPS) is 12.7. The Morgan fingerprint density at radius 3 is 2.67 bits per heavy atom. The average Bonchev–Trinajstić information content (AvgIpc) is 2.78. The Balaban J connectivity index is 2.28. The van der Waals surface area contributed by atoms with Crippen molar-refractivity contribution in [2.24, 2.45) is 0 Å². The SMILES string of the molecule is CCc1nn(CC)c(CC(O)c2ccc(Br)c(C)c2)c1Cl. The van der Waals surface area contributed by atoms with Crippen molar-refractivity contribution in [3.8, 4) is 0 Å². The Morgan fingerprint density at radius 1 is 1.38 bits per heavy atom. The molecule has 1 atom stereocenters. The van der Waals surface area contributed by atoms with Crippen molar-refractivity contribution in [2.45, 2.75) is 46.3 Å². The molecule has 0 aliphatic heterocycles. The number of aliphatic hydroxyl groups is 1. The van der Waals surface area contributed by atoms with E-state index >= 15 is 0 Å². The molecule has 5 heteroatoms. The topological polar surface area (TPSA) is 38.0 Å². The molecule has 0 saturated carbocycles. The second-order valence-electron chi connectivity index (χ2n) is 5.11. The molecule has 0 bridgehead atoms. The lowest BCUT2D eigenvalue weighted by Crippen LogP contribution is -2.09. The maximum Gasteiger partial charge on any atom is 0.0851 e. The van der Waals surface area contributed by atoms with E-state index in [-0.39, 0.29) is 0 Å². The van der Waals surface area contributed by atoms with E-state index in [1.54, 1.807) is 0 Å². The lowest BCUT2D eigenvalue weighted by Gasteiger charge is -2.13. The molecule has 0 aliphatic rings. The monoisotopic (exact) mass is 370 g/mol. The van der Waals surface area contributed by atoms with Gasteiger partial charge in [-0.05, 0) is 37.5 Å². The molecule has 1 N–H and O–H groups in total. The maximum absolute atomic E-state index is 10.5. The highest BCUT2D eigenvalue weighted by molar-refractivity contribution is 9.10. The van der Waals surface area contributed by atoms with Crippen molar-refractivity contribution in [1.29, 1.82) is 0 Å². The largest absolute Gasteiger partial charge is 0.388 e. The van der Waals surface area contributed by atoms with Crippen molar-refractivity contribution in [2.75, 3.05) is 0 Å². The van der Waals surface area contributed by atoms with Crippen LogP contribution in [0.3, 0.4) is 0 Å². The van der Waals surface area contributed by atoms with Gasteiger partial charge in [-0.1, -0.05) is 46.6 Å². The first-order valence-electron chi connectivity index (χ1n) is 7.16. The quantitative estimate of drug-likeness (QED) is 0.842. The number of hydrogen-bond donors (Lipinski definition) is 1. The minimum absolute atomic E-state index is 0.473. The summed E-state index contributed by atoms with van der Waals surface area (Å²) in [6, 6.07) is 5.89. The zero-order chi connectivity index (χ0) is 15.6. The molecule has 2 rings (SSSR count). The molecule has 0 saturated heterocycles. The van der Waals surface area contributed by atoms with Crippen LogP contribution in [0.5, 0.6) is 0 Å². The average molecular weight is 372 g/mol. The summed E-state index contributed by atoms with van der Waals surface area (Å²) in [6.45, 7) is 6.83. The van der Waals surface area contributed by atoms with E-state index in [1.165, 1.54) is 0 Å². The van der Waals surface area contributed by atoms with Crippen molar-refractivity contribution in [1.82, 2.24) is 9.78 Å². The summed E-state index contributed by atoms with van der Waals surface area (Å²) in [5, 5.41) is 15.7. The van der Waals surface area contributed by atoms with E-state index < -0.39 is 6.10 Å². The molecule has 1 unspecified atom stereocenters. The lowest BCUT2D eigenvalue weighted by atomic mass is 10.0. The standard InChI is InChI=1S/C16H20BrClN2O/c1-4-13-16(18)14(20(5-2)19-13)9-15(21)11-6-7-12(17)10(3)8-11/h6-8,15,21H,4-5,9H2,1-3H3. The van der Waals surface area contributed by atoms with Gasteiger partial charge in [0.15, 0.2) is 0 Å². The third-order valence-corrected chi connectivity index (χ3v) is 4.97. The van der Waals surface area contributed by atoms with Crippen molar-refractivity contribution in [3.63, 3.8) is 0 Å². The second-order valence-corrected chi connectivity index (χ2v) is 6.34. The third kappa shape index (κ3) is 3.50. The first kappa shape index (κ1) is 16.5. The Bertz CT molecular complexity index is 639. The highest BCUT2D eigenvalue weighted by Crippen LogP contribution is 2.28. The molecule has 1 aromatic heterocycles. The molecule has 0 aliphatic carbocycles. The minimum Gasteiger partial charge on any atom is -0.388 e. The fourth-order valence-electron chi connectivity index (χ4n) is 2.39. The van der Waals surface area contributed by atoms with E-state index in [0.717, 1.165) is 40.0 Å². The fourth-order valence-corrected chi connectivity index (χ4v) is 2.98. The predicted octanol–water partition coefficient (Wildman–Crippen LogP) is 4.47. The van der Waals surface area contributed by atoms with E-state index in [9.17, 15) is 5.11 Å². The van der Waals surface area contributed by atoms with Crippen LogP contribution in [0.4, 0.5) is 0 Å². The number of hydrogen-bond acceptors (Lipinski definition) is 2. The predicted molar refractivity (Wildman–Crippen MR) is 89.8 cm³/mol. The van der Waals surface area contributed by atoms with Crippen molar-refractivity contribution in [3.05, 3.63) is 50.2 Å². The Morgan fingerprint density at radius 2 is 2.10 bits per heavy atom. The van der Waals surface area contributed by atoms with E-state index in [0.29, 0.717) is 11.4 Å². The van der Waals surface area contributed by atoms with Gasteiger partial charge >= 0.3 is 0 Å². The Labute approximate surface area is 139 Å². The first-order chi connectivity index (χ1) is 9.97. The molecular weight excluding hydrogens is 352 g/mol. The molecule has 21 heavy (non-hydrogen) atoms. The fraction of sp³-hybridized carbons (Fsp3) is 0.438. The van der Waals surface area contributed by atoms with Gasteiger partial charge in [-0.3, -0.25) is 4.68 Å². The van der Waals surface area contributed by atoms with Crippen LogP contribution in [0.2, 0.25) is 5.02 Å². The van der Waals surface area contributed by atoms with Gasteiger partial charge in [0.2, 0.25) is 0 Å². The molecule has 114 valence electrons. The van der Waals surface area contributed by atoms with E-state index in [1.807, 2.05) is 43.7 Å².